The molecule has 1 aromatic carbocycles. The summed E-state index contributed by atoms with van der Waals surface area (Å²) in [5, 5.41) is 9.85. The lowest BCUT2D eigenvalue weighted by atomic mass is 10.2. The van der Waals surface area contributed by atoms with Crippen LogP contribution in [-0.4, -0.2) is 34.5 Å². The van der Waals surface area contributed by atoms with Crippen LogP contribution in [0.2, 0.25) is 0 Å². The fourth-order valence-electron chi connectivity index (χ4n) is 2.13. The third kappa shape index (κ3) is 2.83. The molecule has 0 saturated carbocycles. The number of hydrogen-bond donors (Lipinski definition) is 1. The van der Waals surface area contributed by atoms with Gasteiger partial charge in [0.25, 0.3) is 0 Å². The number of aromatic carboxylic acids is 1. The van der Waals surface area contributed by atoms with Gasteiger partial charge < -0.3 is 14.2 Å². The van der Waals surface area contributed by atoms with E-state index in [9.17, 15) is 19.3 Å². The maximum atomic E-state index is 12.6. The Bertz CT molecular complexity index is 756. The first-order chi connectivity index (χ1) is 10.4. The number of aromatic nitrogens is 1. The first-order valence-corrected chi connectivity index (χ1v) is 8.26. The predicted octanol–water partition coefficient (Wildman–Crippen LogP) is 3.57. The normalized spacial score (nSPS) is 11.7. The van der Waals surface area contributed by atoms with Crippen LogP contribution in [0.1, 0.15) is 24.3 Å². The van der Waals surface area contributed by atoms with Crippen molar-refractivity contribution in [1.82, 2.24) is 4.57 Å². The average molecular weight is 325 g/mol. The number of carbonyl (C=O) groups excluding carboxylic acids is 1. The summed E-state index contributed by atoms with van der Waals surface area (Å²) >= 11 is 0. The molecule has 0 amide bonds. The summed E-state index contributed by atoms with van der Waals surface area (Å²) in [7, 11) is -4.11. The first kappa shape index (κ1) is 16.4. The number of rotatable bonds is 6. The quantitative estimate of drug-likeness (QED) is 0.816. The fraction of sp³-hybridized carbons (Fsp3) is 0.286. The third-order valence-electron chi connectivity index (χ3n) is 2.95. The molecule has 0 atom stereocenters. The van der Waals surface area contributed by atoms with Crippen LogP contribution < -0.4 is 0 Å². The number of para-hydroxylation sites is 1. The molecular weight excluding hydrogens is 309 g/mol. The lowest BCUT2D eigenvalue weighted by Crippen LogP contribution is -2.18. The van der Waals surface area contributed by atoms with Crippen molar-refractivity contribution in [2.75, 3.05) is 13.2 Å². The van der Waals surface area contributed by atoms with E-state index in [1.165, 1.54) is 6.07 Å². The molecule has 0 aliphatic heterocycles. The number of fused-ring (bicyclic) bond motifs is 1. The first-order valence-electron chi connectivity index (χ1n) is 6.72. The van der Waals surface area contributed by atoms with E-state index >= 15 is 0 Å². The molecule has 22 heavy (non-hydrogen) atoms. The predicted molar refractivity (Wildman–Crippen MR) is 80.5 cm³/mol. The number of nitrogens with zero attached hydrogens (tertiary/aromatic N) is 1. The highest BCUT2D eigenvalue weighted by Crippen LogP contribution is 2.50. The molecule has 0 radical (unpaired) electrons. The van der Waals surface area contributed by atoms with Gasteiger partial charge in [-0.2, -0.15) is 0 Å². The van der Waals surface area contributed by atoms with Gasteiger partial charge in [0.05, 0.1) is 18.7 Å². The minimum Gasteiger partial charge on any atom is -0.477 e. The Morgan fingerprint density at radius 1 is 1.18 bits per heavy atom. The summed E-state index contributed by atoms with van der Waals surface area (Å²) in [5.74, 6) is -1.30. The second-order valence-corrected chi connectivity index (χ2v) is 6.24. The van der Waals surface area contributed by atoms with Crippen LogP contribution >= 0.6 is 7.60 Å². The molecule has 1 aromatic heterocycles. The zero-order chi connectivity index (χ0) is 16.3. The number of carboxylic acids is 1. The van der Waals surface area contributed by atoms with Crippen molar-refractivity contribution < 1.29 is 28.3 Å². The Morgan fingerprint density at radius 3 is 2.32 bits per heavy atom. The minimum absolute atomic E-state index is 0.00459. The molecular formula is C14H16NO6P. The molecule has 2 rings (SSSR count). The van der Waals surface area contributed by atoms with E-state index in [0.717, 1.165) is 4.57 Å². The van der Waals surface area contributed by atoms with Crippen molar-refractivity contribution >= 4 is 30.1 Å². The molecule has 0 fully saturated rings. The van der Waals surface area contributed by atoms with Gasteiger partial charge in [0, 0.05) is 5.39 Å². The molecule has 0 aliphatic carbocycles. The molecule has 0 bridgehead atoms. The topological polar surface area (TPSA) is 94.8 Å². The summed E-state index contributed by atoms with van der Waals surface area (Å²) in [6.45, 7) is 3.16. The van der Waals surface area contributed by atoms with E-state index in [-0.39, 0.29) is 18.9 Å². The summed E-state index contributed by atoms with van der Waals surface area (Å²) in [5.41, 5.74) is -0.954. The minimum atomic E-state index is -4.11. The van der Waals surface area contributed by atoms with Crippen LogP contribution in [0.4, 0.5) is 4.79 Å². The highest BCUT2D eigenvalue weighted by Gasteiger charge is 2.38. The molecule has 0 spiro atoms. The smallest absolute Gasteiger partial charge is 0.419 e. The van der Waals surface area contributed by atoms with E-state index in [2.05, 4.69) is 0 Å². The van der Waals surface area contributed by atoms with Gasteiger partial charge in [0.15, 0.2) is 0 Å². The largest absolute Gasteiger partial charge is 0.477 e. The van der Waals surface area contributed by atoms with Crippen molar-refractivity contribution in [1.29, 1.82) is 0 Å². The summed E-state index contributed by atoms with van der Waals surface area (Å²) in [6, 6.07) is 7.95. The highest BCUT2D eigenvalue weighted by atomic mass is 31.2. The van der Waals surface area contributed by atoms with Crippen LogP contribution in [0.15, 0.2) is 30.3 Å². The number of carboxylic acid groups (broad SMARTS) is 1. The lowest BCUT2D eigenvalue weighted by Gasteiger charge is -2.17. The highest BCUT2D eigenvalue weighted by molar-refractivity contribution is 7.71. The second kappa shape index (κ2) is 6.44. The zero-order valence-electron chi connectivity index (χ0n) is 12.2. The van der Waals surface area contributed by atoms with Crippen LogP contribution in [0.25, 0.3) is 10.9 Å². The number of benzene rings is 1. The van der Waals surface area contributed by atoms with Crippen LogP contribution in [0.5, 0.6) is 0 Å². The SMILES string of the molecule is CCOP(=O)(OCC)C(=O)n1c(C(=O)O)cc2ccccc21. The van der Waals surface area contributed by atoms with E-state index in [1.54, 1.807) is 38.1 Å². The van der Waals surface area contributed by atoms with E-state index in [0.29, 0.717) is 10.9 Å². The maximum Gasteiger partial charge on any atom is 0.419 e. The monoisotopic (exact) mass is 325 g/mol. The van der Waals surface area contributed by atoms with Gasteiger partial charge >= 0.3 is 19.2 Å². The van der Waals surface area contributed by atoms with Gasteiger partial charge in [-0.1, -0.05) is 18.2 Å². The van der Waals surface area contributed by atoms with Crippen LogP contribution in [0, 0.1) is 0 Å². The van der Waals surface area contributed by atoms with E-state index < -0.39 is 19.2 Å². The number of hydrogen-bond acceptors (Lipinski definition) is 5. The lowest BCUT2D eigenvalue weighted by molar-refractivity contribution is 0.0688. The summed E-state index contributed by atoms with van der Waals surface area (Å²) < 4.78 is 23.5. The zero-order valence-corrected chi connectivity index (χ0v) is 13.1. The van der Waals surface area contributed by atoms with Gasteiger partial charge in [-0.05, 0) is 26.0 Å². The van der Waals surface area contributed by atoms with Crippen molar-refractivity contribution in [3.05, 3.63) is 36.0 Å². The third-order valence-corrected chi connectivity index (χ3v) is 4.82. The molecule has 0 saturated heterocycles. The Balaban J connectivity index is 2.66. The van der Waals surface area contributed by atoms with Crippen molar-refractivity contribution in [2.45, 2.75) is 13.8 Å². The molecule has 1 N–H and O–H groups in total. The second-order valence-electron chi connectivity index (χ2n) is 4.34. The van der Waals surface area contributed by atoms with Crippen LogP contribution in [-0.2, 0) is 13.6 Å². The van der Waals surface area contributed by atoms with Crippen molar-refractivity contribution in [2.24, 2.45) is 0 Å². The van der Waals surface area contributed by atoms with Gasteiger partial charge in [0.1, 0.15) is 5.69 Å². The Kier molecular flexibility index (Phi) is 4.81. The van der Waals surface area contributed by atoms with Gasteiger partial charge in [-0.25, -0.2) is 9.36 Å². The molecule has 2 aromatic rings. The van der Waals surface area contributed by atoms with Crippen molar-refractivity contribution in [3.8, 4) is 0 Å². The van der Waals surface area contributed by atoms with E-state index in [1.807, 2.05) is 0 Å². The molecule has 8 heteroatoms. The van der Waals surface area contributed by atoms with Crippen LogP contribution in [0.3, 0.4) is 0 Å². The Hall–Kier alpha value is -1.95. The van der Waals surface area contributed by atoms with Gasteiger partial charge in [-0.3, -0.25) is 9.36 Å². The van der Waals surface area contributed by atoms with Gasteiger partial charge in [-0.15, -0.1) is 0 Å². The summed E-state index contributed by atoms with van der Waals surface area (Å²) in [4.78, 5) is 24.0. The molecule has 0 unspecified atom stereocenters. The molecule has 118 valence electrons. The maximum absolute atomic E-state index is 12.6. The average Bonchev–Trinajstić information content (AvgIpc) is 2.86. The van der Waals surface area contributed by atoms with Gasteiger partial charge in [0.2, 0.25) is 0 Å². The van der Waals surface area contributed by atoms with Crippen molar-refractivity contribution in [3.63, 3.8) is 0 Å². The molecule has 7 nitrogen and oxygen atoms in total. The summed E-state index contributed by atoms with van der Waals surface area (Å²) in [6.07, 6.45) is 0. The number of carbonyl (C=O) groups is 2. The van der Waals surface area contributed by atoms with E-state index in [4.69, 9.17) is 9.05 Å². The molecule has 1 heterocycles. The fourth-order valence-corrected chi connectivity index (χ4v) is 3.56. The standard InChI is InChI=1S/C14H16NO6P/c1-3-20-22(19,21-4-2)14(18)15-11-8-6-5-7-10(11)9-12(15)13(16)17/h5-9H,3-4H2,1-2H3,(H,16,17). The Labute approximate surface area is 127 Å². The molecule has 0 aliphatic rings. The Morgan fingerprint density at radius 2 is 1.77 bits per heavy atom.